The van der Waals surface area contributed by atoms with Crippen molar-refractivity contribution in [3.05, 3.63) is 66.0 Å². The van der Waals surface area contributed by atoms with Gasteiger partial charge in [0.15, 0.2) is 11.4 Å². The van der Waals surface area contributed by atoms with Crippen molar-refractivity contribution in [2.75, 3.05) is 11.9 Å². The molecule has 2 N–H and O–H groups in total. The van der Waals surface area contributed by atoms with E-state index in [-0.39, 0.29) is 0 Å². The molecule has 0 fully saturated rings. The lowest BCUT2D eigenvalue weighted by molar-refractivity contribution is 0.100. The molecule has 2 aromatic heterocycles. The molecule has 0 atom stereocenters. The molecule has 0 aliphatic rings. The van der Waals surface area contributed by atoms with E-state index in [1.54, 1.807) is 18.5 Å². The summed E-state index contributed by atoms with van der Waals surface area (Å²) in [6, 6.07) is 15.0. The van der Waals surface area contributed by atoms with Gasteiger partial charge in [-0.3, -0.25) is 4.79 Å². The Kier molecular flexibility index (Phi) is 3.57. The van der Waals surface area contributed by atoms with Gasteiger partial charge < -0.3 is 15.1 Å². The molecular formula is C19H16N4O2. The van der Waals surface area contributed by atoms with Crippen molar-refractivity contribution >= 4 is 33.8 Å². The first-order valence-corrected chi connectivity index (χ1v) is 7.85. The highest BCUT2D eigenvalue weighted by Crippen LogP contribution is 2.32. The van der Waals surface area contributed by atoms with Gasteiger partial charge in [0.2, 0.25) is 5.91 Å². The first kappa shape index (κ1) is 15.1. The lowest BCUT2D eigenvalue weighted by atomic mass is 10.1. The number of benzene rings is 2. The van der Waals surface area contributed by atoms with E-state index in [2.05, 4.69) is 9.97 Å². The number of carbonyl (C=O) groups excluding carboxylic acids is 1. The summed E-state index contributed by atoms with van der Waals surface area (Å²) >= 11 is 0. The topological polar surface area (TPSA) is 85.2 Å². The molecule has 124 valence electrons. The van der Waals surface area contributed by atoms with Crippen LogP contribution in [0.2, 0.25) is 0 Å². The predicted octanol–water partition coefficient (Wildman–Crippen LogP) is 3.11. The van der Waals surface area contributed by atoms with Crippen LogP contribution in [-0.4, -0.2) is 22.9 Å². The molecule has 0 unspecified atom stereocenters. The average Bonchev–Trinajstić information content (AvgIpc) is 3.00. The number of rotatable bonds is 4. The maximum atomic E-state index is 11.2. The minimum Gasteiger partial charge on any atom is -0.450 e. The molecule has 2 heterocycles. The smallest absolute Gasteiger partial charge is 0.248 e. The molecule has 0 bridgehead atoms. The number of furan rings is 1. The number of hydrogen-bond acceptors (Lipinski definition) is 5. The normalized spacial score (nSPS) is 11.1. The number of para-hydroxylation sites is 1. The number of hydrogen-bond donors (Lipinski definition) is 1. The number of nitrogens with zero attached hydrogens (tertiary/aromatic N) is 3. The van der Waals surface area contributed by atoms with E-state index in [9.17, 15) is 4.79 Å². The van der Waals surface area contributed by atoms with E-state index in [4.69, 9.17) is 10.2 Å². The standard InChI is InChI=1S/C19H16N4O2/c1-23(10-12-6-8-13(9-7-12)18(20)24)19-17-16(21-11-22-19)14-4-2-3-5-15(14)25-17/h2-9,11H,10H2,1H3,(H2,20,24). The number of anilines is 1. The van der Waals surface area contributed by atoms with E-state index < -0.39 is 5.91 Å². The summed E-state index contributed by atoms with van der Waals surface area (Å²) in [4.78, 5) is 21.9. The van der Waals surface area contributed by atoms with E-state index in [0.29, 0.717) is 17.7 Å². The number of aromatic nitrogens is 2. The third kappa shape index (κ3) is 2.67. The Balaban J connectivity index is 1.70. The third-order valence-electron chi connectivity index (χ3n) is 4.16. The van der Waals surface area contributed by atoms with Crippen molar-refractivity contribution in [1.29, 1.82) is 0 Å². The molecule has 0 saturated carbocycles. The zero-order valence-corrected chi connectivity index (χ0v) is 13.6. The first-order chi connectivity index (χ1) is 12.1. The van der Waals surface area contributed by atoms with Crippen LogP contribution in [0.3, 0.4) is 0 Å². The quantitative estimate of drug-likeness (QED) is 0.620. The number of fused-ring (bicyclic) bond motifs is 3. The van der Waals surface area contributed by atoms with Crippen molar-refractivity contribution in [1.82, 2.24) is 9.97 Å². The largest absolute Gasteiger partial charge is 0.450 e. The predicted molar refractivity (Wildman–Crippen MR) is 96.4 cm³/mol. The Morgan fingerprint density at radius 2 is 1.88 bits per heavy atom. The van der Waals surface area contributed by atoms with Crippen LogP contribution in [0.15, 0.2) is 59.3 Å². The van der Waals surface area contributed by atoms with Crippen molar-refractivity contribution < 1.29 is 9.21 Å². The maximum absolute atomic E-state index is 11.2. The lowest BCUT2D eigenvalue weighted by Gasteiger charge is -2.18. The fraction of sp³-hybridized carbons (Fsp3) is 0.105. The van der Waals surface area contributed by atoms with Gasteiger partial charge in [0.1, 0.15) is 17.4 Å². The van der Waals surface area contributed by atoms with Crippen molar-refractivity contribution in [3.8, 4) is 0 Å². The Morgan fingerprint density at radius 1 is 1.12 bits per heavy atom. The summed E-state index contributed by atoms with van der Waals surface area (Å²) < 4.78 is 5.97. The van der Waals surface area contributed by atoms with Crippen LogP contribution in [0.1, 0.15) is 15.9 Å². The average molecular weight is 332 g/mol. The van der Waals surface area contributed by atoms with Crippen LogP contribution >= 0.6 is 0 Å². The second-order valence-corrected chi connectivity index (χ2v) is 5.89. The summed E-state index contributed by atoms with van der Waals surface area (Å²) in [7, 11) is 1.94. The van der Waals surface area contributed by atoms with Crippen molar-refractivity contribution in [2.24, 2.45) is 5.73 Å². The first-order valence-electron chi connectivity index (χ1n) is 7.85. The Labute approximate surface area is 143 Å². The van der Waals surface area contributed by atoms with Crippen LogP contribution in [-0.2, 0) is 6.54 Å². The molecule has 25 heavy (non-hydrogen) atoms. The van der Waals surface area contributed by atoms with Crippen molar-refractivity contribution in [2.45, 2.75) is 6.54 Å². The summed E-state index contributed by atoms with van der Waals surface area (Å²) in [6.45, 7) is 0.613. The molecule has 4 aromatic rings. The van der Waals surface area contributed by atoms with Crippen LogP contribution in [0.25, 0.3) is 22.1 Å². The highest BCUT2D eigenvalue weighted by molar-refractivity contribution is 6.05. The molecule has 0 aliphatic carbocycles. The zero-order valence-electron chi connectivity index (χ0n) is 13.6. The van der Waals surface area contributed by atoms with Crippen molar-refractivity contribution in [3.63, 3.8) is 0 Å². The van der Waals surface area contributed by atoms with Gasteiger partial charge in [0.05, 0.1) is 0 Å². The van der Waals surface area contributed by atoms with Gasteiger partial charge in [0.25, 0.3) is 0 Å². The van der Waals surface area contributed by atoms with E-state index in [1.807, 2.05) is 48.3 Å². The monoisotopic (exact) mass is 332 g/mol. The second-order valence-electron chi connectivity index (χ2n) is 5.89. The Hall–Kier alpha value is -3.41. The number of amides is 1. The molecule has 1 amide bonds. The number of primary amides is 1. The summed E-state index contributed by atoms with van der Waals surface area (Å²) in [6.07, 6.45) is 1.55. The van der Waals surface area contributed by atoms with Gasteiger partial charge in [-0.25, -0.2) is 9.97 Å². The molecule has 2 aromatic carbocycles. The fourth-order valence-electron chi connectivity index (χ4n) is 2.91. The number of nitrogens with two attached hydrogens (primary N) is 1. The van der Waals surface area contributed by atoms with E-state index >= 15 is 0 Å². The molecule has 6 heteroatoms. The maximum Gasteiger partial charge on any atom is 0.248 e. The Bertz CT molecular complexity index is 1070. The van der Waals surface area contributed by atoms with Gasteiger partial charge in [-0.1, -0.05) is 24.3 Å². The fourth-order valence-corrected chi connectivity index (χ4v) is 2.91. The van der Waals surface area contributed by atoms with Crippen LogP contribution in [0.4, 0.5) is 5.82 Å². The minimum absolute atomic E-state index is 0.431. The highest BCUT2D eigenvalue weighted by atomic mass is 16.3. The zero-order chi connectivity index (χ0) is 17.4. The van der Waals surface area contributed by atoms with Gasteiger partial charge in [0, 0.05) is 24.5 Å². The molecular weight excluding hydrogens is 316 g/mol. The highest BCUT2D eigenvalue weighted by Gasteiger charge is 2.16. The number of carbonyl (C=O) groups is 1. The molecule has 0 saturated heterocycles. The lowest BCUT2D eigenvalue weighted by Crippen LogP contribution is -2.18. The molecule has 0 spiro atoms. The van der Waals surface area contributed by atoms with Gasteiger partial charge >= 0.3 is 0 Å². The molecule has 6 nitrogen and oxygen atoms in total. The van der Waals surface area contributed by atoms with Crippen LogP contribution < -0.4 is 10.6 Å². The summed E-state index contributed by atoms with van der Waals surface area (Å²) in [5.41, 5.74) is 9.07. The van der Waals surface area contributed by atoms with Crippen LogP contribution in [0, 0.1) is 0 Å². The third-order valence-corrected chi connectivity index (χ3v) is 4.16. The molecule has 0 aliphatic heterocycles. The summed E-state index contributed by atoms with van der Waals surface area (Å²) in [5.74, 6) is 0.292. The summed E-state index contributed by atoms with van der Waals surface area (Å²) in [5, 5.41) is 0.973. The minimum atomic E-state index is -0.431. The second kappa shape index (κ2) is 5.90. The van der Waals surface area contributed by atoms with Gasteiger partial charge in [-0.05, 0) is 29.8 Å². The Morgan fingerprint density at radius 3 is 2.64 bits per heavy atom. The molecule has 0 radical (unpaired) electrons. The van der Waals surface area contributed by atoms with Crippen LogP contribution in [0.5, 0.6) is 0 Å². The SMILES string of the molecule is CN(Cc1ccc(C(N)=O)cc1)c1ncnc2c1oc1ccccc12. The van der Waals surface area contributed by atoms with Gasteiger partial charge in [-0.2, -0.15) is 0 Å². The molecule has 4 rings (SSSR count). The van der Waals surface area contributed by atoms with E-state index in [0.717, 1.165) is 27.9 Å². The van der Waals surface area contributed by atoms with E-state index in [1.165, 1.54) is 0 Å². The van der Waals surface area contributed by atoms with Gasteiger partial charge in [-0.15, -0.1) is 0 Å².